The topological polar surface area (TPSA) is 67.9 Å². The Morgan fingerprint density at radius 1 is 1.00 bits per heavy atom. The van der Waals surface area contributed by atoms with Crippen LogP contribution in [0.5, 0.6) is 0 Å². The number of benzene rings is 2. The highest BCUT2D eigenvalue weighted by molar-refractivity contribution is 5.98. The Kier molecular flexibility index (Phi) is 6.21. The number of hydrogen-bond acceptors (Lipinski definition) is 4. The quantitative estimate of drug-likeness (QED) is 0.290. The standard InChI is InChI=1S/C24H20F3N3O2/c1-23(2,3)22(31)32-21(17-11-7-8-12-19(17)24(25,26)27)18(15-28)20-13-14-30(29-20)16-9-5-4-6-10-16/h4-14H,1-3H3/b21-18-. The van der Waals surface area contributed by atoms with Crippen molar-refractivity contribution < 1.29 is 22.7 Å². The molecule has 0 fully saturated rings. The van der Waals surface area contributed by atoms with Gasteiger partial charge in [-0.2, -0.15) is 23.5 Å². The minimum Gasteiger partial charge on any atom is -0.424 e. The van der Waals surface area contributed by atoms with Crippen LogP contribution in [0.3, 0.4) is 0 Å². The molecule has 2 aromatic carbocycles. The molecule has 1 heterocycles. The van der Waals surface area contributed by atoms with E-state index >= 15 is 0 Å². The second-order valence-electron chi connectivity index (χ2n) is 7.98. The number of carbonyl (C=O) groups excluding carboxylic acids is 1. The van der Waals surface area contributed by atoms with E-state index in [2.05, 4.69) is 5.10 Å². The molecule has 5 nitrogen and oxygen atoms in total. The zero-order valence-corrected chi connectivity index (χ0v) is 17.6. The molecule has 0 spiro atoms. The summed E-state index contributed by atoms with van der Waals surface area (Å²) >= 11 is 0. The molecule has 8 heteroatoms. The third-order valence-corrected chi connectivity index (χ3v) is 4.49. The number of esters is 1. The van der Waals surface area contributed by atoms with Gasteiger partial charge in [-0.1, -0.05) is 36.4 Å². The summed E-state index contributed by atoms with van der Waals surface area (Å²) in [6.07, 6.45) is -3.15. The number of halogens is 3. The van der Waals surface area contributed by atoms with Crippen molar-refractivity contribution in [3.8, 4) is 11.8 Å². The van der Waals surface area contributed by atoms with Crippen LogP contribution in [0.15, 0.2) is 66.9 Å². The van der Waals surface area contributed by atoms with Gasteiger partial charge in [-0.25, -0.2) is 4.68 Å². The van der Waals surface area contributed by atoms with Gasteiger partial charge < -0.3 is 4.74 Å². The number of alkyl halides is 3. The lowest BCUT2D eigenvalue weighted by atomic mass is 9.96. The molecule has 0 saturated heterocycles. The molecule has 0 aliphatic heterocycles. The fraction of sp³-hybridized carbons (Fsp3) is 0.208. The van der Waals surface area contributed by atoms with Crippen LogP contribution in [-0.2, 0) is 15.7 Å². The lowest BCUT2D eigenvalue weighted by Gasteiger charge is -2.21. The molecular formula is C24H20F3N3O2. The van der Waals surface area contributed by atoms with Crippen molar-refractivity contribution in [3.63, 3.8) is 0 Å². The number of rotatable bonds is 4. The molecule has 1 aromatic heterocycles. The SMILES string of the molecule is CC(C)(C)C(=O)O/C(=C(/C#N)c1ccn(-c2ccccc2)n1)c1ccccc1C(F)(F)F. The van der Waals surface area contributed by atoms with Crippen molar-refractivity contribution in [3.05, 3.63) is 83.7 Å². The van der Waals surface area contributed by atoms with Gasteiger partial charge in [0.05, 0.1) is 16.7 Å². The maximum absolute atomic E-state index is 13.7. The van der Waals surface area contributed by atoms with Gasteiger partial charge in [0.2, 0.25) is 0 Å². The Labute approximate surface area is 183 Å². The summed E-state index contributed by atoms with van der Waals surface area (Å²) in [6, 6.07) is 17.0. The van der Waals surface area contributed by atoms with Crippen molar-refractivity contribution in [1.29, 1.82) is 5.26 Å². The summed E-state index contributed by atoms with van der Waals surface area (Å²) in [7, 11) is 0. The van der Waals surface area contributed by atoms with Gasteiger partial charge in [-0.3, -0.25) is 4.79 Å². The lowest BCUT2D eigenvalue weighted by Crippen LogP contribution is -2.23. The number of nitriles is 1. The van der Waals surface area contributed by atoms with Gasteiger partial charge in [0.25, 0.3) is 0 Å². The van der Waals surface area contributed by atoms with E-state index in [4.69, 9.17) is 4.74 Å². The van der Waals surface area contributed by atoms with Gasteiger partial charge in [0.1, 0.15) is 17.3 Å². The maximum Gasteiger partial charge on any atom is 0.417 e. The Balaban J connectivity index is 2.23. The molecule has 0 N–H and O–H groups in total. The summed E-state index contributed by atoms with van der Waals surface area (Å²) in [5.41, 5.74) is -1.96. The highest BCUT2D eigenvalue weighted by Gasteiger charge is 2.36. The average Bonchev–Trinajstić information content (AvgIpc) is 3.23. The van der Waals surface area contributed by atoms with Crippen LogP contribution >= 0.6 is 0 Å². The fourth-order valence-electron chi connectivity index (χ4n) is 2.82. The van der Waals surface area contributed by atoms with E-state index in [1.54, 1.807) is 51.2 Å². The Bertz CT molecular complexity index is 1200. The van der Waals surface area contributed by atoms with E-state index in [0.717, 1.165) is 6.07 Å². The van der Waals surface area contributed by atoms with Crippen LogP contribution in [0.25, 0.3) is 17.0 Å². The molecule has 0 amide bonds. The van der Waals surface area contributed by atoms with Crippen LogP contribution in [0.4, 0.5) is 13.2 Å². The van der Waals surface area contributed by atoms with Crippen LogP contribution < -0.4 is 0 Å². The summed E-state index contributed by atoms with van der Waals surface area (Å²) in [6.45, 7) is 4.70. The van der Waals surface area contributed by atoms with E-state index in [0.29, 0.717) is 5.69 Å². The first-order chi connectivity index (χ1) is 15.0. The predicted molar refractivity (Wildman–Crippen MR) is 113 cm³/mol. The second-order valence-corrected chi connectivity index (χ2v) is 7.98. The molecule has 0 aliphatic carbocycles. The van der Waals surface area contributed by atoms with Crippen LogP contribution in [0, 0.1) is 16.7 Å². The van der Waals surface area contributed by atoms with Crippen molar-refractivity contribution in [2.24, 2.45) is 5.41 Å². The summed E-state index contributed by atoms with van der Waals surface area (Å²) in [4.78, 5) is 12.6. The first-order valence-corrected chi connectivity index (χ1v) is 9.67. The van der Waals surface area contributed by atoms with Gasteiger partial charge in [-0.05, 0) is 45.0 Å². The molecule has 3 rings (SSSR count). The number of ether oxygens (including phenoxy) is 1. The Morgan fingerprint density at radius 3 is 2.22 bits per heavy atom. The maximum atomic E-state index is 13.7. The van der Waals surface area contributed by atoms with Crippen LogP contribution in [0.1, 0.15) is 37.6 Å². The monoisotopic (exact) mass is 439 g/mol. The molecule has 0 saturated carbocycles. The van der Waals surface area contributed by atoms with E-state index in [1.165, 1.54) is 28.9 Å². The Hall–Kier alpha value is -3.86. The normalized spacial score (nSPS) is 12.7. The molecule has 0 atom stereocenters. The smallest absolute Gasteiger partial charge is 0.417 e. The first-order valence-electron chi connectivity index (χ1n) is 9.67. The number of para-hydroxylation sites is 1. The minimum atomic E-state index is -4.72. The van der Waals surface area contributed by atoms with E-state index in [1.807, 2.05) is 12.1 Å². The highest BCUT2D eigenvalue weighted by atomic mass is 19.4. The number of aromatic nitrogens is 2. The van der Waals surface area contributed by atoms with Gasteiger partial charge >= 0.3 is 12.1 Å². The van der Waals surface area contributed by atoms with Crippen molar-refractivity contribution in [2.45, 2.75) is 26.9 Å². The summed E-state index contributed by atoms with van der Waals surface area (Å²) in [5.74, 6) is -1.27. The second kappa shape index (κ2) is 8.71. The zero-order chi connectivity index (χ0) is 23.5. The van der Waals surface area contributed by atoms with Crippen LogP contribution in [0.2, 0.25) is 0 Å². The molecular weight excluding hydrogens is 419 g/mol. The molecule has 3 aromatic rings. The summed E-state index contributed by atoms with van der Waals surface area (Å²) < 4.78 is 48.0. The van der Waals surface area contributed by atoms with Crippen molar-refractivity contribution in [2.75, 3.05) is 0 Å². The lowest BCUT2D eigenvalue weighted by molar-refractivity contribution is -0.146. The molecule has 0 unspecified atom stereocenters. The fourth-order valence-corrected chi connectivity index (χ4v) is 2.82. The molecule has 0 aliphatic rings. The zero-order valence-electron chi connectivity index (χ0n) is 17.6. The third kappa shape index (κ3) is 4.89. The van der Waals surface area contributed by atoms with E-state index < -0.39 is 34.4 Å². The van der Waals surface area contributed by atoms with E-state index in [9.17, 15) is 23.2 Å². The van der Waals surface area contributed by atoms with Crippen molar-refractivity contribution >= 4 is 17.3 Å². The molecule has 164 valence electrons. The van der Waals surface area contributed by atoms with Crippen molar-refractivity contribution in [1.82, 2.24) is 9.78 Å². The van der Waals surface area contributed by atoms with Gasteiger partial charge in [0.15, 0.2) is 5.76 Å². The largest absolute Gasteiger partial charge is 0.424 e. The average molecular weight is 439 g/mol. The molecule has 32 heavy (non-hydrogen) atoms. The third-order valence-electron chi connectivity index (χ3n) is 4.49. The number of carbonyl (C=O) groups is 1. The Morgan fingerprint density at radius 2 is 1.62 bits per heavy atom. The number of hydrogen-bond donors (Lipinski definition) is 0. The summed E-state index contributed by atoms with van der Waals surface area (Å²) in [5, 5.41) is 14.2. The predicted octanol–water partition coefficient (Wildman–Crippen LogP) is 5.87. The van der Waals surface area contributed by atoms with E-state index in [-0.39, 0.29) is 11.3 Å². The molecule has 0 radical (unpaired) electrons. The number of nitrogens with zero attached hydrogens (tertiary/aromatic N) is 3. The minimum absolute atomic E-state index is 0.0741. The van der Waals surface area contributed by atoms with Crippen LogP contribution in [-0.4, -0.2) is 15.7 Å². The number of allylic oxidation sites excluding steroid dienone is 1. The first kappa shape index (κ1) is 22.8. The van der Waals surface area contributed by atoms with Gasteiger partial charge in [-0.15, -0.1) is 0 Å². The van der Waals surface area contributed by atoms with Gasteiger partial charge in [0, 0.05) is 11.8 Å². The highest BCUT2D eigenvalue weighted by Crippen LogP contribution is 2.38. The molecule has 0 bridgehead atoms.